The van der Waals surface area contributed by atoms with Gasteiger partial charge in [-0.3, -0.25) is 4.79 Å². The van der Waals surface area contributed by atoms with E-state index in [1.54, 1.807) is 42.5 Å². The van der Waals surface area contributed by atoms with Gasteiger partial charge in [-0.2, -0.15) is 17.9 Å². The number of benzene rings is 3. The Morgan fingerprint density at radius 1 is 0.974 bits per heavy atom. The number of ether oxygens (including phenoxy) is 1. The SMILES string of the molecule is COc1ccccc1C(=O)NCC1(c2ccccc2)CCC(NS(=O)(=O)N[C@@H](CO)c2ccccc2)CC1. The molecule has 0 saturated heterocycles. The van der Waals surface area contributed by atoms with Gasteiger partial charge in [0, 0.05) is 18.0 Å². The van der Waals surface area contributed by atoms with Crippen LogP contribution in [0.5, 0.6) is 5.75 Å². The average molecular weight is 538 g/mol. The third kappa shape index (κ3) is 6.79. The minimum Gasteiger partial charge on any atom is -0.496 e. The number of methoxy groups -OCH3 is 1. The summed E-state index contributed by atoms with van der Waals surface area (Å²) in [6.45, 7) is 0.0742. The zero-order valence-corrected chi connectivity index (χ0v) is 22.3. The number of amides is 1. The lowest BCUT2D eigenvalue weighted by atomic mass is 9.68. The van der Waals surface area contributed by atoms with Gasteiger partial charge in [0.05, 0.1) is 25.3 Å². The Balaban J connectivity index is 1.43. The first-order valence-corrected chi connectivity index (χ1v) is 14.3. The maximum absolute atomic E-state index is 13.0. The molecule has 0 heterocycles. The van der Waals surface area contributed by atoms with Crippen LogP contribution < -0.4 is 19.5 Å². The molecule has 1 fully saturated rings. The van der Waals surface area contributed by atoms with Crippen LogP contribution in [0.25, 0.3) is 0 Å². The predicted molar refractivity (Wildman–Crippen MR) is 147 cm³/mol. The van der Waals surface area contributed by atoms with Gasteiger partial charge in [-0.15, -0.1) is 0 Å². The highest BCUT2D eigenvalue weighted by Gasteiger charge is 2.38. The molecule has 0 unspecified atom stereocenters. The molecule has 8 nitrogen and oxygen atoms in total. The topological polar surface area (TPSA) is 117 Å². The van der Waals surface area contributed by atoms with Crippen LogP contribution in [-0.4, -0.2) is 45.7 Å². The van der Waals surface area contributed by atoms with Crippen molar-refractivity contribution in [2.24, 2.45) is 0 Å². The Morgan fingerprint density at radius 2 is 1.58 bits per heavy atom. The van der Waals surface area contributed by atoms with Crippen molar-refractivity contribution in [3.8, 4) is 5.75 Å². The Labute approximate surface area is 224 Å². The second kappa shape index (κ2) is 12.5. The quantitative estimate of drug-likeness (QED) is 0.299. The van der Waals surface area contributed by atoms with Gasteiger partial charge in [-0.1, -0.05) is 72.8 Å². The highest BCUT2D eigenvalue weighted by Crippen LogP contribution is 2.39. The van der Waals surface area contributed by atoms with Crippen LogP contribution in [0.3, 0.4) is 0 Å². The van der Waals surface area contributed by atoms with E-state index in [-0.39, 0.29) is 24.0 Å². The van der Waals surface area contributed by atoms with Crippen LogP contribution in [0.4, 0.5) is 0 Å². The maximum atomic E-state index is 13.0. The van der Waals surface area contributed by atoms with E-state index in [2.05, 4.69) is 26.9 Å². The smallest absolute Gasteiger partial charge is 0.277 e. The third-order valence-electron chi connectivity index (χ3n) is 7.27. The van der Waals surface area contributed by atoms with Crippen LogP contribution >= 0.6 is 0 Å². The van der Waals surface area contributed by atoms with Crippen molar-refractivity contribution in [2.75, 3.05) is 20.3 Å². The van der Waals surface area contributed by atoms with Crippen LogP contribution in [-0.2, 0) is 15.6 Å². The zero-order valence-electron chi connectivity index (χ0n) is 21.5. The van der Waals surface area contributed by atoms with E-state index < -0.39 is 16.3 Å². The number of aliphatic hydroxyl groups is 1. The van der Waals surface area contributed by atoms with Gasteiger partial charge in [0.25, 0.3) is 16.1 Å². The van der Waals surface area contributed by atoms with Crippen molar-refractivity contribution in [3.05, 3.63) is 102 Å². The number of hydrogen-bond acceptors (Lipinski definition) is 5. The van der Waals surface area contributed by atoms with Crippen molar-refractivity contribution in [2.45, 2.75) is 43.2 Å². The summed E-state index contributed by atoms with van der Waals surface area (Å²) < 4.78 is 36.5. The normalized spacial score (nSPS) is 20.4. The molecule has 0 aliphatic heterocycles. The largest absolute Gasteiger partial charge is 0.496 e. The summed E-state index contributed by atoms with van der Waals surface area (Å²) in [5, 5.41) is 12.9. The number of nitrogens with one attached hydrogen (secondary N) is 3. The van der Waals surface area contributed by atoms with Crippen LogP contribution in [0.15, 0.2) is 84.9 Å². The predicted octanol–water partition coefficient (Wildman–Crippen LogP) is 3.46. The summed E-state index contributed by atoms with van der Waals surface area (Å²) in [5.74, 6) is 0.307. The fourth-order valence-electron chi connectivity index (χ4n) is 5.16. The molecule has 3 aromatic carbocycles. The van der Waals surface area contributed by atoms with E-state index in [4.69, 9.17) is 4.74 Å². The first-order chi connectivity index (χ1) is 18.4. The van der Waals surface area contributed by atoms with Gasteiger partial charge in [0.2, 0.25) is 0 Å². The standard InChI is InChI=1S/C29H35N3O5S/c1-37-27-15-9-8-14-25(27)28(34)30-21-29(23-12-6-3-7-13-23)18-16-24(17-19-29)31-38(35,36)32-26(20-33)22-10-4-2-5-11-22/h2-15,24,26,31-33H,16-21H2,1H3,(H,30,34)/t24?,26-,29?/m0/s1. The average Bonchev–Trinajstić information content (AvgIpc) is 2.96. The van der Waals surface area contributed by atoms with Gasteiger partial charge in [0.15, 0.2) is 0 Å². The monoisotopic (exact) mass is 537 g/mol. The Morgan fingerprint density at radius 3 is 2.21 bits per heavy atom. The minimum absolute atomic E-state index is 0.208. The van der Waals surface area contributed by atoms with E-state index in [9.17, 15) is 18.3 Å². The molecule has 0 radical (unpaired) electrons. The molecule has 3 aromatic rings. The van der Waals surface area contributed by atoms with E-state index in [0.717, 1.165) is 5.56 Å². The molecule has 1 amide bonds. The fourth-order valence-corrected chi connectivity index (χ4v) is 6.49. The first kappa shape index (κ1) is 27.8. The second-order valence-corrected chi connectivity index (χ2v) is 11.2. The summed E-state index contributed by atoms with van der Waals surface area (Å²) in [4.78, 5) is 13.0. The van der Waals surface area contributed by atoms with Crippen molar-refractivity contribution < 1.29 is 23.1 Å². The lowest BCUT2D eigenvalue weighted by molar-refractivity contribution is 0.0932. The highest BCUT2D eigenvalue weighted by molar-refractivity contribution is 7.87. The van der Waals surface area contributed by atoms with Gasteiger partial charge in [0.1, 0.15) is 5.75 Å². The molecule has 1 atom stereocenters. The number of para-hydroxylation sites is 1. The van der Waals surface area contributed by atoms with Crippen LogP contribution in [0.1, 0.15) is 53.2 Å². The van der Waals surface area contributed by atoms with Gasteiger partial charge in [-0.05, 0) is 48.9 Å². The molecular weight excluding hydrogens is 502 g/mol. The van der Waals surface area contributed by atoms with Gasteiger partial charge < -0.3 is 15.2 Å². The molecule has 1 saturated carbocycles. The first-order valence-electron chi connectivity index (χ1n) is 12.8. The van der Waals surface area contributed by atoms with E-state index in [1.807, 2.05) is 30.3 Å². The molecule has 4 rings (SSSR count). The number of carbonyl (C=O) groups excluding carboxylic acids is 1. The number of aliphatic hydroxyl groups excluding tert-OH is 1. The van der Waals surface area contributed by atoms with Crippen molar-refractivity contribution in [1.82, 2.24) is 14.8 Å². The van der Waals surface area contributed by atoms with Crippen LogP contribution in [0, 0.1) is 0 Å². The zero-order chi connectivity index (χ0) is 27.0. The minimum atomic E-state index is -3.86. The molecule has 0 bridgehead atoms. The summed E-state index contributed by atoms with van der Waals surface area (Å²) in [5.41, 5.74) is 1.95. The second-order valence-electron chi connectivity index (χ2n) is 9.69. The molecule has 0 aromatic heterocycles. The Bertz CT molecular complexity index is 1290. The Kier molecular flexibility index (Phi) is 9.17. The highest BCUT2D eigenvalue weighted by atomic mass is 32.2. The molecule has 38 heavy (non-hydrogen) atoms. The number of hydrogen-bond donors (Lipinski definition) is 4. The van der Waals surface area contributed by atoms with Gasteiger partial charge >= 0.3 is 0 Å². The van der Waals surface area contributed by atoms with Gasteiger partial charge in [-0.25, -0.2) is 0 Å². The molecule has 1 aliphatic rings. The summed E-state index contributed by atoms with van der Waals surface area (Å²) in [7, 11) is -2.32. The van der Waals surface area contributed by atoms with Crippen LogP contribution in [0.2, 0.25) is 0 Å². The molecule has 202 valence electrons. The molecule has 1 aliphatic carbocycles. The lowest BCUT2D eigenvalue weighted by Crippen LogP contribution is -2.50. The Hall–Kier alpha value is -3.24. The van der Waals surface area contributed by atoms with Crippen molar-refractivity contribution >= 4 is 16.1 Å². The molecule has 4 N–H and O–H groups in total. The van der Waals surface area contributed by atoms with Crippen molar-refractivity contribution in [1.29, 1.82) is 0 Å². The molecule has 0 spiro atoms. The van der Waals surface area contributed by atoms with E-state index in [1.165, 1.54) is 7.11 Å². The summed E-state index contributed by atoms with van der Waals surface area (Å²) in [6, 6.07) is 25.2. The van der Waals surface area contributed by atoms with E-state index in [0.29, 0.717) is 49.1 Å². The fraction of sp³-hybridized carbons (Fsp3) is 0.345. The molecular formula is C29H35N3O5S. The number of rotatable bonds is 11. The lowest BCUT2D eigenvalue weighted by Gasteiger charge is -2.41. The van der Waals surface area contributed by atoms with E-state index >= 15 is 0 Å². The van der Waals surface area contributed by atoms with Crippen molar-refractivity contribution in [3.63, 3.8) is 0 Å². The third-order valence-corrected chi connectivity index (χ3v) is 8.51. The molecule has 9 heteroatoms. The summed E-state index contributed by atoms with van der Waals surface area (Å²) in [6.07, 6.45) is 2.60. The summed E-state index contributed by atoms with van der Waals surface area (Å²) >= 11 is 0. The number of carbonyl (C=O) groups is 1. The maximum Gasteiger partial charge on any atom is 0.277 e.